The van der Waals surface area contributed by atoms with Gasteiger partial charge in [-0.1, -0.05) is 32.4 Å². The van der Waals surface area contributed by atoms with E-state index in [1.807, 2.05) is 12.1 Å². The van der Waals surface area contributed by atoms with E-state index in [2.05, 4.69) is 19.2 Å². The normalized spacial score (nSPS) is 12.6. The van der Waals surface area contributed by atoms with Crippen molar-refractivity contribution < 1.29 is 5.11 Å². The first kappa shape index (κ1) is 13.0. The molecule has 0 saturated heterocycles. The zero-order valence-electron chi connectivity index (χ0n) is 10.4. The van der Waals surface area contributed by atoms with E-state index in [-0.39, 0.29) is 0 Å². The van der Waals surface area contributed by atoms with Crippen LogP contribution in [0.1, 0.15) is 38.7 Å². The molecule has 0 saturated carbocycles. The minimum atomic E-state index is 0.342. The summed E-state index contributed by atoms with van der Waals surface area (Å²) >= 11 is 0. The maximum Gasteiger partial charge on any atom is 0.115 e. The Morgan fingerprint density at radius 3 is 2.44 bits per heavy atom. The molecular formula is C14H23NO. The molecule has 2 heteroatoms. The van der Waals surface area contributed by atoms with Gasteiger partial charge in [0.2, 0.25) is 0 Å². The van der Waals surface area contributed by atoms with E-state index < -0.39 is 0 Å². The SMILES string of the molecule is CCCC(CC)NCCc1ccc(O)cc1. The summed E-state index contributed by atoms with van der Waals surface area (Å²) in [5.41, 5.74) is 1.27. The van der Waals surface area contributed by atoms with Gasteiger partial charge in [-0.3, -0.25) is 0 Å². The van der Waals surface area contributed by atoms with Gasteiger partial charge in [0.25, 0.3) is 0 Å². The standard InChI is InChI=1S/C14H23NO/c1-3-5-13(4-2)15-11-10-12-6-8-14(16)9-7-12/h6-9,13,15-16H,3-5,10-11H2,1-2H3. The second-order valence-corrected chi connectivity index (χ2v) is 4.26. The van der Waals surface area contributed by atoms with Gasteiger partial charge in [0.15, 0.2) is 0 Å². The number of aromatic hydroxyl groups is 1. The maximum absolute atomic E-state index is 9.16. The predicted molar refractivity (Wildman–Crippen MR) is 68.8 cm³/mol. The van der Waals surface area contributed by atoms with E-state index in [4.69, 9.17) is 5.11 Å². The third-order valence-electron chi connectivity index (χ3n) is 2.91. The number of hydrogen-bond acceptors (Lipinski definition) is 2. The Kier molecular flexibility index (Phi) is 5.94. The lowest BCUT2D eigenvalue weighted by Gasteiger charge is -2.15. The first-order chi connectivity index (χ1) is 7.76. The molecule has 0 heterocycles. The molecule has 0 aliphatic carbocycles. The monoisotopic (exact) mass is 221 g/mol. The van der Waals surface area contributed by atoms with Crippen LogP contribution in [0.4, 0.5) is 0 Å². The Morgan fingerprint density at radius 1 is 1.19 bits per heavy atom. The number of hydrogen-bond donors (Lipinski definition) is 2. The summed E-state index contributed by atoms with van der Waals surface area (Å²) in [7, 11) is 0. The van der Waals surface area contributed by atoms with Gasteiger partial charge in [-0.2, -0.15) is 0 Å². The minimum Gasteiger partial charge on any atom is -0.508 e. The fraction of sp³-hybridized carbons (Fsp3) is 0.571. The summed E-state index contributed by atoms with van der Waals surface area (Å²) in [6.45, 7) is 5.47. The molecular weight excluding hydrogens is 198 g/mol. The van der Waals surface area contributed by atoms with Crippen LogP contribution in [0.25, 0.3) is 0 Å². The summed E-state index contributed by atoms with van der Waals surface area (Å²) in [5.74, 6) is 0.342. The fourth-order valence-electron chi connectivity index (χ4n) is 1.88. The molecule has 0 radical (unpaired) electrons. The van der Waals surface area contributed by atoms with Crippen LogP contribution in [0, 0.1) is 0 Å². The van der Waals surface area contributed by atoms with Crippen LogP contribution in [0.2, 0.25) is 0 Å². The van der Waals surface area contributed by atoms with Crippen molar-refractivity contribution >= 4 is 0 Å². The highest BCUT2D eigenvalue weighted by molar-refractivity contribution is 5.25. The lowest BCUT2D eigenvalue weighted by atomic mass is 10.1. The van der Waals surface area contributed by atoms with Crippen molar-refractivity contribution in [1.29, 1.82) is 0 Å². The summed E-state index contributed by atoms with van der Waals surface area (Å²) < 4.78 is 0. The van der Waals surface area contributed by atoms with E-state index in [0.717, 1.165) is 13.0 Å². The zero-order chi connectivity index (χ0) is 11.8. The van der Waals surface area contributed by atoms with Crippen LogP contribution in [0.3, 0.4) is 0 Å². The number of rotatable bonds is 7. The smallest absolute Gasteiger partial charge is 0.115 e. The molecule has 0 aliphatic heterocycles. The van der Waals surface area contributed by atoms with E-state index in [9.17, 15) is 0 Å². The van der Waals surface area contributed by atoms with E-state index in [1.54, 1.807) is 12.1 Å². The van der Waals surface area contributed by atoms with Gasteiger partial charge >= 0.3 is 0 Å². The average Bonchev–Trinajstić information content (AvgIpc) is 2.30. The molecule has 2 N–H and O–H groups in total. The van der Waals surface area contributed by atoms with Crippen LogP contribution in [-0.2, 0) is 6.42 Å². The molecule has 0 amide bonds. The van der Waals surface area contributed by atoms with Crippen LogP contribution in [0.5, 0.6) is 5.75 Å². The second-order valence-electron chi connectivity index (χ2n) is 4.26. The Morgan fingerprint density at radius 2 is 1.88 bits per heavy atom. The molecule has 1 aromatic rings. The number of nitrogens with one attached hydrogen (secondary N) is 1. The highest BCUT2D eigenvalue weighted by Gasteiger charge is 2.03. The van der Waals surface area contributed by atoms with Gasteiger partial charge in [-0.25, -0.2) is 0 Å². The summed E-state index contributed by atoms with van der Waals surface area (Å²) in [5, 5.41) is 12.7. The highest BCUT2D eigenvalue weighted by atomic mass is 16.3. The molecule has 1 aromatic carbocycles. The summed E-state index contributed by atoms with van der Waals surface area (Å²) in [6, 6.07) is 8.12. The summed E-state index contributed by atoms with van der Waals surface area (Å²) in [6.07, 6.45) is 4.72. The van der Waals surface area contributed by atoms with Gasteiger partial charge in [0.1, 0.15) is 5.75 Å². The molecule has 0 fully saturated rings. The third-order valence-corrected chi connectivity index (χ3v) is 2.91. The van der Waals surface area contributed by atoms with E-state index in [0.29, 0.717) is 11.8 Å². The minimum absolute atomic E-state index is 0.342. The Hall–Kier alpha value is -1.02. The zero-order valence-corrected chi connectivity index (χ0v) is 10.4. The van der Waals surface area contributed by atoms with Crippen molar-refractivity contribution in [3.63, 3.8) is 0 Å². The van der Waals surface area contributed by atoms with Crippen LogP contribution < -0.4 is 5.32 Å². The van der Waals surface area contributed by atoms with Crippen molar-refractivity contribution in [3.8, 4) is 5.75 Å². The van der Waals surface area contributed by atoms with E-state index >= 15 is 0 Å². The first-order valence-electron chi connectivity index (χ1n) is 6.27. The maximum atomic E-state index is 9.16. The van der Waals surface area contributed by atoms with Crippen LogP contribution in [-0.4, -0.2) is 17.7 Å². The fourth-order valence-corrected chi connectivity index (χ4v) is 1.88. The van der Waals surface area contributed by atoms with Crippen molar-refractivity contribution in [1.82, 2.24) is 5.32 Å². The van der Waals surface area contributed by atoms with Gasteiger partial charge < -0.3 is 10.4 Å². The van der Waals surface area contributed by atoms with Gasteiger partial charge in [-0.05, 0) is 43.5 Å². The second kappa shape index (κ2) is 7.29. The van der Waals surface area contributed by atoms with Crippen molar-refractivity contribution in [2.45, 2.75) is 45.6 Å². The molecule has 0 bridgehead atoms. The molecule has 2 nitrogen and oxygen atoms in total. The lowest BCUT2D eigenvalue weighted by molar-refractivity contribution is 0.465. The molecule has 1 atom stereocenters. The Labute approximate surface area is 98.7 Å². The van der Waals surface area contributed by atoms with Crippen LogP contribution in [0.15, 0.2) is 24.3 Å². The van der Waals surface area contributed by atoms with Crippen molar-refractivity contribution in [2.24, 2.45) is 0 Å². The first-order valence-corrected chi connectivity index (χ1v) is 6.27. The highest BCUT2D eigenvalue weighted by Crippen LogP contribution is 2.10. The molecule has 1 unspecified atom stereocenters. The Bertz CT molecular complexity index is 281. The third kappa shape index (κ3) is 4.67. The van der Waals surface area contributed by atoms with Crippen LogP contribution >= 0.6 is 0 Å². The molecule has 16 heavy (non-hydrogen) atoms. The molecule has 0 aliphatic rings. The van der Waals surface area contributed by atoms with Gasteiger partial charge in [0.05, 0.1) is 0 Å². The predicted octanol–water partition coefficient (Wildman–Crippen LogP) is 3.10. The van der Waals surface area contributed by atoms with Crippen molar-refractivity contribution in [3.05, 3.63) is 29.8 Å². The molecule has 90 valence electrons. The topological polar surface area (TPSA) is 32.3 Å². The molecule has 0 aromatic heterocycles. The van der Waals surface area contributed by atoms with Crippen molar-refractivity contribution in [2.75, 3.05) is 6.54 Å². The number of benzene rings is 1. The largest absolute Gasteiger partial charge is 0.508 e. The average molecular weight is 221 g/mol. The molecule has 1 rings (SSSR count). The number of phenols is 1. The van der Waals surface area contributed by atoms with Gasteiger partial charge in [-0.15, -0.1) is 0 Å². The number of phenolic OH excluding ortho intramolecular Hbond substituents is 1. The molecule has 0 spiro atoms. The Balaban J connectivity index is 2.26. The van der Waals surface area contributed by atoms with E-state index in [1.165, 1.54) is 24.8 Å². The summed E-state index contributed by atoms with van der Waals surface area (Å²) in [4.78, 5) is 0. The lowest BCUT2D eigenvalue weighted by Crippen LogP contribution is -2.30. The van der Waals surface area contributed by atoms with Gasteiger partial charge in [0, 0.05) is 6.04 Å². The quantitative estimate of drug-likeness (QED) is 0.741.